The molecule has 0 N–H and O–H groups in total. The molecule has 148 valence electrons. The summed E-state index contributed by atoms with van der Waals surface area (Å²) in [6.07, 6.45) is 0.821. The van der Waals surface area contributed by atoms with Gasteiger partial charge in [-0.1, -0.05) is 24.6 Å². The van der Waals surface area contributed by atoms with E-state index < -0.39 is 10.0 Å². The van der Waals surface area contributed by atoms with Crippen molar-refractivity contribution in [3.63, 3.8) is 0 Å². The summed E-state index contributed by atoms with van der Waals surface area (Å²) in [4.78, 5) is 25.8. The lowest BCUT2D eigenvalue weighted by Gasteiger charge is -2.34. The molecule has 0 radical (unpaired) electrons. The number of ether oxygens (including phenoxy) is 1. The molecule has 1 amide bonds. The Balaban J connectivity index is 1.54. The smallest absolute Gasteiger partial charge is 0.309 e. The number of sulfonamides is 1. The van der Waals surface area contributed by atoms with Gasteiger partial charge in [0.25, 0.3) is 5.91 Å². The summed E-state index contributed by atoms with van der Waals surface area (Å²) in [5, 5.41) is 0. The lowest BCUT2D eigenvalue weighted by atomic mass is 10.2. The van der Waals surface area contributed by atoms with E-state index in [2.05, 4.69) is 0 Å². The first kappa shape index (κ1) is 19.8. The van der Waals surface area contributed by atoms with Crippen molar-refractivity contribution in [1.82, 2.24) is 9.21 Å². The van der Waals surface area contributed by atoms with E-state index in [0.29, 0.717) is 23.9 Å². The number of piperazine rings is 1. The number of rotatable bonds is 5. The molecule has 0 spiro atoms. The average Bonchev–Trinajstić information content (AvgIpc) is 3.36. The van der Waals surface area contributed by atoms with Gasteiger partial charge in [-0.3, -0.25) is 9.59 Å². The van der Waals surface area contributed by atoms with Crippen molar-refractivity contribution in [3.8, 4) is 0 Å². The van der Waals surface area contributed by atoms with Crippen LogP contribution in [0.3, 0.4) is 0 Å². The molecule has 1 aliphatic carbocycles. The lowest BCUT2D eigenvalue weighted by Crippen LogP contribution is -2.51. The SMILES string of the molecule is Cc1ccc(S(=O)(=O)N2CCN(C(=O)COC(=O)[C@H]3C[C@@H]3C)CC2)c(C)c1. The molecule has 0 unspecified atom stereocenters. The number of esters is 1. The van der Waals surface area contributed by atoms with Crippen molar-refractivity contribution in [3.05, 3.63) is 29.3 Å². The fourth-order valence-electron chi connectivity index (χ4n) is 3.39. The number of amides is 1. The second kappa shape index (κ2) is 7.59. The standard InChI is InChI=1S/C19H26N2O5S/c1-13-4-5-17(15(3)10-13)27(24,25)21-8-6-20(7-9-21)18(22)12-26-19(23)16-11-14(16)2/h4-5,10,14,16H,6-9,11-12H2,1-3H3/t14-,16-/m0/s1. The van der Waals surface area contributed by atoms with Crippen molar-refractivity contribution in [2.75, 3.05) is 32.8 Å². The van der Waals surface area contributed by atoms with E-state index in [-0.39, 0.29) is 37.5 Å². The van der Waals surface area contributed by atoms with Gasteiger partial charge in [0.2, 0.25) is 10.0 Å². The molecule has 8 heteroatoms. The van der Waals surface area contributed by atoms with E-state index in [0.717, 1.165) is 17.5 Å². The summed E-state index contributed by atoms with van der Waals surface area (Å²) in [6.45, 7) is 6.46. The normalized spacial score (nSPS) is 23.1. The van der Waals surface area contributed by atoms with Crippen LogP contribution < -0.4 is 0 Å². The quantitative estimate of drug-likeness (QED) is 0.704. The Labute approximate surface area is 160 Å². The predicted molar refractivity (Wildman–Crippen MR) is 99.5 cm³/mol. The zero-order valence-electron chi connectivity index (χ0n) is 16.0. The maximum atomic E-state index is 12.9. The van der Waals surface area contributed by atoms with Gasteiger partial charge in [0.15, 0.2) is 6.61 Å². The summed E-state index contributed by atoms with van der Waals surface area (Å²) in [5.41, 5.74) is 1.73. The second-order valence-corrected chi connectivity index (χ2v) is 9.39. The van der Waals surface area contributed by atoms with Crippen molar-refractivity contribution in [1.29, 1.82) is 0 Å². The highest BCUT2D eigenvalue weighted by atomic mass is 32.2. The minimum absolute atomic E-state index is 0.0717. The topological polar surface area (TPSA) is 84.0 Å². The molecule has 0 bridgehead atoms. The van der Waals surface area contributed by atoms with Crippen LogP contribution in [0.1, 0.15) is 24.5 Å². The Bertz CT molecular complexity index is 844. The minimum Gasteiger partial charge on any atom is -0.455 e. The monoisotopic (exact) mass is 394 g/mol. The zero-order valence-corrected chi connectivity index (χ0v) is 16.8. The van der Waals surface area contributed by atoms with Crippen LogP contribution in [0.2, 0.25) is 0 Å². The largest absolute Gasteiger partial charge is 0.455 e. The highest BCUT2D eigenvalue weighted by molar-refractivity contribution is 7.89. The molecule has 3 rings (SSSR count). The summed E-state index contributed by atoms with van der Waals surface area (Å²) in [6, 6.07) is 5.27. The summed E-state index contributed by atoms with van der Waals surface area (Å²) >= 11 is 0. The number of carbonyl (C=O) groups excluding carboxylic acids is 2. The van der Waals surface area contributed by atoms with Crippen LogP contribution in [-0.2, 0) is 24.3 Å². The van der Waals surface area contributed by atoms with Gasteiger partial charge in [0.1, 0.15) is 0 Å². The Hall–Kier alpha value is -1.93. The minimum atomic E-state index is -3.58. The lowest BCUT2D eigenvalue weighted by molar-refractivity contribution is -0.153. The predicted octanol–water partition coefficient (Wildman–Crippen LogP) is 1.34. The molecule has 2 fully saturated rings. The van der Waals surface area contributed by atoms with Gasteiger partial charge >= 0.3 is 5.97 Å². The third-order valence-electron chi connectivity index (χ3n) is 5.29. The zero-order chi connectivity index (χ0) is 19.8. The van der Waals surface area contributed by atoms with Gasteiger partial charge in [0.05, 0.1) is 10.8 Å². The first-order valence-electron chi connectivity index (χ1n) is 9.22. The summed E-state index contributed by atoms with van der Waals surface area (Å²) < 4.78 is 32.2. The van der Waals surface area contributed by atoms with Gasteiger partial charge in [-0.05, 0) is 37.8 Å². The van der Waals surface area contributed by atoms with Crippen LogP contribution in [0.15, 0.2) is 23.1 Å². The fourth-order valence-corrected chi connectivity index (χ4v) is 5.02. The van der Waals surface area contributed by atoms with Crippen LogP contribution in [-0.4, -0.2) is 62.3 Å². The maximum Gasteiger partial charge on any atom is 0.309 e. The van der Waals surface area contributed by atoms with Crippen LogP contribution in [0.25, 0.3) is 0 Å². The molecule has 1 saturated heterocycles. The molecule has 2 aliphatic rings. The molecule has 2 atom stereocenters. The van der Waals surface area contributed by atoms with Crippen molar-refractivity contribution < 1.29 is 22.7 Å². The van der Waals surface area contributed by atoms with E-state index in [4.69, 9.17) is 4.74 Å². The molecule has 1 aromatic carbocycles. The van der Waals surface area contributed by atoms with Crippen molar-refractivity contribution >= 4 is 21.9 Å². The highest BCUT2D eigenvalue weighted by Crippen LogP contribution is 2.38. The van der Waals surface area contributed by atoms with Crippen LogP contribution in [0.5, 0.6) is 0 Å². The molecule has 7 nitrogen and oxygen atoms in total. The fraction of sp³-hybridized carbons (Fsp3) is 0.579. The molecule has 0 aromatic heterocycles. The maximum absolute atomic E-state index is 12.9. The molecule has 1 heterocycles. The summed E-state index contributed by atoms with van der Waals surface area (Å²) in [7, 11) is -3.58. The number of hydrogen-bond acceptors (Lipinski definition) is 5. The van der Waals surface area contributed by atoms with Crippen LogP contribution >= 0.6 is 0 Å². The number of carbonyl (C=O) groups is 2. The Morgan fingerprint density at radius 2 is 1.78 bits per heavy atom. The van der Waals surface area contributed by atoms with Gasteiger partial charge in [-0.15, -0.1) is 0 Å². The average molecular weight is 394 g/mol. The number of aryl methyl sites for hydroxylation is 2. The van der Waals surface area contributed by atoms with Crippen molar-refractivity contribution in [2.24, 2.45) is 11.8 Å². The van der Waals surface area contributed by atoms with Gasteiger partial charge < -0.3 is 9.64 Å². The molecule has 1 aromatic rings. The van der Waals surface area contributed by atoms with E-state index in [9.17, 15) is 18.0 Å². The van der Waals surface area contributed by atoms with Crippen LogP contribution in [0.4, 0.5) is 0 Å². The molecule has 1 saturated carbocycles. The van der Waals surface area contributed by atoms with E-state index >= 15 is 0 Å². The molecular weight excluding hydrogens is 368 g/mol. The van der Waals surface area contributed by atoms with E-state index in [1.54, 1.807) is 24.0 Å². The Morgan fingerprint density at radius 3 is 2.33 bits per heavy atom. The molecule has 1 aliphatic heterocycles. The number of benzene rings is 1. The second-order valence-electron chi connectivity index (χ2n) is 7.48. The van der Waals surface area contributed by atoms with Gasteiger partial charge in [0, 0.05) is 26.2 Å². The van der Waals surface area contributed by atoms with Crippen molar-refractivity contribution in [2.45, 2.75) is 32.1 Å². The summed E-state index contributed by atoms with van der Waals surface area (Å²) in [5.74, 6) is -0.323. The first-order chi connectivity index (χ1) is 12.7. The van der Waals surface area contributed by atoms with E-state index in [1.807, 2.05) is 19.9 Å². The number of hydrogen-bond donors (Lipinski definition) is 0. The Kier molecular flexibility index (Phi) is 5.58. The van der Waals surface area contributed by atoms with Crippen LogP contribution in [0, 0.1) is 25.7 Å². The molecular formula is C19H26N2O5S. The van der Waals surface area contributed by atoms with E-state index in [1.165, 1.54) is 4.31 Å². The number of nitrogens with zero attached hydrogens (tertiary/aromatic N) is 2. The van der Waals surface area contributed by atoms with Gasteiger partial charge in [-0.25, -0.2) is 8.42 Å². The third kappa shape index (κ3) is 4.32. The first-order valence-corrected chi connectivity index (χ1v) is 10.7. The highest BCUT2D eigenvalue weighted by Gasteiger charge is 2.41. The third-order valence-corrected chi connectivity index (χ3v) is 7.35. The Morgan fingerprint density at radius 1 is 1.15 bits per heavy atom. The van der Waals surface area contributed by atoms with Gasteiger partial charge in [-0.2, -0.15) is 4.31 Å². The molecule has 27 heavy (non-hydrogen) atoms.